The van der Waals surface area contributed by atoms with Crippen molar-refractivity contribution < 1.29 is 4.74 Å². The Labute approximate surface area is 121 Å². The van der Waals surface area contributed by atoms with Gasteiger partial charge in [-0.2, -0.15) is 0 Å². The molecule has 3 rings (SSSR count). The van der Waals surface area contributed by atoms with Crippen LogP contribution >= 0.6 is 0 Å². The smallest absolute Gasteiger partial charge is 0.0686 e. The first kappa shape index (κ1) is 14.0. The highest BCUT2D eigenvalue weighted by Gasteiger charge is 2.44. The topological polar surface area (TPSA) is 60.2 Å². The molecule has 2 atom stereocenters. The van der Waals surface area contributed by atoms with E-state index in [2.05, 4.69) is 23.4 Å². The average Bonchev–Trinajstić information content (AvgIpc) is 2.47. The van der Waals surface area contributed by atoms with Crippen LogP contribution in [0.25, 0.3) is 0 Å². The summed E-state index contributed by atoms with van der Waals surface area (Å²) in [6, 6.07) is 4.31. The Morgan fingerprint density at radius 3 is 3.05 bits per heavy atom. The molecule has 20 heavy (non-hydrogen) atoms. The Hall–Kier alpha value is -0.970. The summed E-state index contributed by atoms with van der Waals surface area (Å²) in [6.07, 6.45) is 8.77. The summed E-state index contributed by atoms with van der Waals surface area (Å²) in [6.45, 7) is 3.03. The van der Waals surface area contributed by atoms with Crippen molar-refractivity contribution in [2.45, 2.75) is 57.1 Å². The fourth-order valence-corrected chi connectivity index (χ4v) is 3.74. The van der Waals surface area contributed by atoms with Gasteiger partial charge in [-0.05, 0) is 56.1 Å². The van der Waals surface area contributed by atoms with Crippen LogP contribution in [0.4, 0.5) is 0 Å². The van der Waals surface area contributed by atoms with Crippen LogP contribution in [0.2, 0.25) is 0 Å². The first-order valence-corrected chi connectivity index (χ1v) is 7.82. The largest absolute Gasteiger partial charge is 0.375 e. The molecule has 3 N–H and O–H groups in total. The third-order valence-corrected chi connectivity index (χ3v) is 5.05. The van der Waals surface area contributed by atoms with Gasteiger partial charge in [0.25, 0.3) is 0 Å². The second-order valence-electron chi connectivity index (χ2n) is 6.18. The molecular weight excluding hydrogens is 250 g/mol. The zero-order valence-corrected chi connectivity index (χ0v) is 12.3. The maximum atomic E-state index is 6.03. The van der Waals surface area contributed by atoms with Crippen LogP contribution in [-0.2, 0) is 11.2 Å². The molecule has 4 nitrogen and oxygen atoms in total. The molecule has 110 valence electrons. The Balaban J connectivity index is 1.82. The van der Waals surface area contributed by atoms with Crippen LogP contribution < -0.4 is 11.3 Å². The maximum Gasteiger partial charge on any atom is 0.0686 e. The number of hydrazine groups is 1. The van der Waals surface area contributed by atoms with Gasteiger partial charge in [-0.25, -0.2) is 0 Å². The molecule has 1 aromatic heterocycles. The van der Waals surface area contributed by atoms with Gasteiger partial charge in [0.15, 0.2) is 0 Å². The van der Waals surface area contributed by atoms with E-state index >= 15 is 0 Å². The van der Waals surface area contributed by atoms with Gasteiger partial charge in [0.2, 0.25) is 0 Å². The minimum atomic E-state index is 0.146. The standard InChI is InChI=1S/C16H25N3O/c1-2-12-5-3-9-18-14(12)15(19-17)13-6-10-20-16(11-13)7-4-8-16/h3,5,9,13,15,19H,2,4,6-8,10-11,17H2,1H3. The first-order chi connectivity index (χ1) is 9.78. The van der Waals surface area contributed by atoms with Crippen molar-refractivity contribution in [2.24, 2.45) is 11.8 Å². The number of aromatic nitrogens is 1. The van der Waals surface area contributed by atoms with E-state index in [-0.39, 0.29) is 11.6 Å². The highest BCUT2D eigenvalue weighted by atomic mass is 16.5. The predicted octanol–water partition coefficient (Wildman–Crippen LogP) is 2.50. The lowest BCUT2D eigenvalue weighted by atomic mass is 9.70. The van der Waals surface area contributed by atoms with E-state index in [1.165, 1.54) is 24.8 Å². The van der Waals surface area contributed by atoms with E-state index in [0.29, 0.717) is 5.92 Å². The predicted molar refractivity (Wildman–Crippen MR) is 78.9 cm³/mol. The van der Waals surface area contributed by atoms with Crippen LogP contribution in [0.3, 0.4) is 0 Å². The van der Waals surface area contributed by atoms with Gasteiger partial charge in [-0.15, -0.1) is 0 Å². The summed E-state index contributed by atoms with van der Waals surface area (Å²) < 4.78 is 6.03. The van der Waals surface area contributed by atoms with Gasteiger partial charge in [0, 0.05) is 12.8 Å². The minimum Gasteiger partial charge on any atom is -0.375 e. The summed E-state index contributed by atoms with van der Waals surface area (Å²) >= 11 is 0. The summed E-state index contributed by atoms with van der Waals surface area (Å²) in [5.74, 6) is 6.40. The number of ether oxygens (including phenoxy) is 1. The fraction of sp³-hybridized carbons (Fsp3) is 0.688. The van der Waals surface area contributed by atoms with E-state index in [1.54, 1.807) is 0 Å². The van der Waals surface area contributed by atoms with Gasteiger partial charge in [0.05, 0.1) is 17.3 Å². The summed E-state index contributed by atoms with van der Waals surface area (Å²) in [7, 11) is 0. The van der Waals surface area contributed by atoms with Crippen LogP contribution in [0, 0.1) is 5.92 Å². The zero-order valence-electron chi connectivity index (χ0n) is 12.3. The van der Waals surface area contributed by atoms with E-state index in [0.717, 1.165) is 31.6 Å². The minimum absolute atomic E-state index is 0.146. The molecule has 1 saturated carbocycles. The van der Waals surface area contributed by atoms with Crippen molar-refractivity contribution in [2.75, 3.05) is 6.61 Å². The van der Waals surface area contributed by atoms with Crippen molar-refractivity contribution in [3.8, 4) is 0 Å². The molecule has 1 saturated heterocycles. The molecule has 1 aromatic rings. The third-order valence-electron chi connectivity index (χ3n) is 5.05. The number of nitrogens with two attached hydrogens (primary N) is 1. The highest BCUT2D eigenvalue weighted by Crippen LogP contribution is 2.47. The molecule has 0 bridgehead atoms. The van der Waals surface area contributed by atoms with Crippen LogP contribution in [-0.4, -0.2) is 17.2 Å². The van der Waals surface area contributed by atoms with Crippen molar-refractivity contribution >= 4 is 0 Å². The molecule has 2 aliphatic rings. The van der Waals surface area contributed by atoms with Crippen molar-refractivity contribution in [3.05, 3.63) is 29.6 Å². The normalized spacial score (nSPS) is 26.2. The number of hydrogen-bond donors (Lipinski definition) is 2. The molecule has 2 heterocycles. The molecule has 0 amide bonds. The number of nitrogens with zero attached hydrogens (tertiary/aromatic N) is 1. The van der Waals surface area contributed by atoms with E-state index in [9.17, 15) is 0 Å². The molecule has 1 spiro atoms. The molecular formula is C16H25N3O. The Morgan fingerprint density at radius 2 is 2.40 bits per heavy atom. The molecule has 2 unspecified atom stereocenters. The van der Waals surface area contributed by atoms with Crippen molar-refractivity contribution in [3.63, 3.8) is 0 Å². The second kappa shape index (κ2) is 5.80. The molecule has 0 aromatic carbocycles. The lowest BCUT2D eigenvalue weighted by Gasteiger charge is -2.48. The number of nitrogens with one attached hydrogen (secondary N) is 1. The van der Waals surface area contributed by atoms with Crippen LogP contribution in [0.1, 0.15) is 56.3 Å². The molecule has 1 aliphatic carbocycles. The molecule has 2 fully saturated rings. The van der Waals surface area contributed by atoms with Crippen LogP contribution in [0.5, 0.6) is 0 Å². The third kappa shape index (κ3) is 2.48. The Morgan fingerprint density at radius 1 is 1.55 bits per heavy atom. The Bertz CT molecular complexity index is 459. The van der Waals surface area contributed by atoms with E-state index < -0.39 is 0 Å². The van der Waals surface area contributed by atoms with Gasteiger partial charge in [0.1, 0.15) is 0 Å². The maximum absolute atomic E-state index is 6.03. The second-order valence-corrected chi connectivity index (χ2v) is 6.18. The summed E-state index contributed by atoms with van der Waals surface area (Å²) in [5.41, 5.74) is 5.60. The monoisotopic (exact) mass is 275 g/mol. The summed E-state index contributed by atoms with van der Waals surface area (Å²) in [5, 5.41) is 0. The SMILES string of the molecule is CCc1cccnc1C(NN)C1CCOC2(CCC2)C1. The number of rotatable bonds is 4. The Kier molecular flexibility index (Phi) is 4.06. The van der Waals surface area contributed by atoms with E-state index in [4.69, 9.17) is 10.6 Å². The molecule has 1 aliphatic heterocycles. The number of pyridine rings is 1. The van der Waals surface area contributed by atoms with Crippen molar-refractivity contribution in [1.82, 2.24) is 10.4 Å². The van der Waals surface area contributed by atoms with Gasteiger partial charge in [-0.1, -0.05) is 13.0 Å². The molecule has 4 heteroatoms. The average molecular weight is 275 g/mol. The summed E-state index contributed by atoms with van der Waals surface area (Å²) in [4.78, 5) is 4.60. The van der Waals surface area contributed by atoms with Gasteiger partial charge >= 0.3 is 0 Å². The highest BCUT2D eigenvalue weighted by molar-refractivity contribution is 5.23. The zero-order chi connectivity index (χ0) is 14.0. The van der Waals surface area contributed by atoms with E-state index in [1.807, 2.05) is 12.3 Å². The van der Waals surface area contributed by atoms with Crippen molar-refractivity contribution in [1.29, 1.82) is 0 Å². The van der Waals surface area contributed by atoms with Gasteiger partial charge in [-0.3, -0.25) is 16.3 Å². The van der Waals surface area contributed by atoms with Gasteiger partial charge < -0.3 is 4.74 Å². The number of aryl methyl sites for hydroxylation is 1. The first-order valence-electron chi connectivity index (χ1n) is 7.82. The fourth-order valence-electron chi connectivity index (χ4n) is 3.74. The number of hydrogen-bond acceptors (Lipinski definition) is 4. The molecule has 0 radical (unpaired) electrons. The lowest BCUT2D eigenvalue weighted by molar-refractivity contribution is -0.147. The lowest BCUT2D eigenvalue weighted by Crippen LogP contribution is -2.49. The van der Waals surface area contributed by atoms with Crippen LogP contribution in [0.15, 0.2) is 18.3 Å². The quantitative estimate of drug-likeness (QED) is 0.655.